The normalized spacial score (nSPS) is 18.7. The number of aromatic nitrogens is 4. The number of H-pyrrole nitrogens is 1. The van der Waals surface area contributed by atoms with Crippen LogP contribution in [-0.2, 0) is 4.79 Å². The first-order valence-electron chi connectivity index (χ1n) is 8.48. The second-order valence-corrected chi connectivity index (χ2v) is 6.78. The van der Waals surface area contributed by atoms with Crippen molar-refractivity contribution in [2.24, 2.45) is 0 Å². The maximum Gasteiger partial charge on any atom is 0.257 e. The fourth-order valence-corrected chi connectivity index (χ4v) is 2.89. The van der Waals surface area contributed by atoms with E-state index in [1.54, 1.807) is 6.92 Å². The molecule has 0 bridgehead atoms. The van der Waals surface area contributed by atoms with Crippen LogP contribution >= 0.6 is 0 Å². The molecule has 2 atom stereocenters. The number of hydrogen-bond acceptors (Lipinski definition) is 3. The van der Waals surface area contributed by atoms with E-state index in [0.717, 1.165) is 18.2 Å². The van der Waals surface area contributed by atoms with E-state index in [9.17, 15) is 22.4 Å². The van der Waals surface area contributed by atoms with Crippen molar-refractivity contribution in [1.29, 1.82) is 0 Å². The number of rotatable bonds is 5. The van der Waals surface area contributed by atoms with Crippen molar-refractivity contribution in [2.45, 2.75) is 31.1 Å². The fourth-order valence-electron chi connectivity index (χ4n) is 2.89. The highest BCUT2D eigenvalue weighted by Crippen LogP contribution is 2.55. The summed E-state index contributed by atoms with van der Waals surface area (Å²) < 4.78 is 54.2. The van der Waals surface area contributed by atoms with Gasteiger partial charge in [0, 0.05) is 36.0 Å². The summed E-state index contributed by atoms with van der Waals surface area (Å²) >= 11 is 0. The van der Waals surface area contributed by atoms with Crippen LogP contribution in [0.5, 0.6) is 0 Å². The van der Waals surface area contributed by atoms with Gasteiger partial charge in [-0.25, -0.2) is 22.2 Å². The van der Waals surface area contributed by atoms with Gasteiger partial charge in [0.05, 0.1) is 23.7 Å². The summed E-state index contributed by atoms with van der Waals surface area (Å²) in [5.74, 6) is -6.05. The molecule has 4 rings (SSSR count). The molecule has 1 amide bonds. The van der Waals surface area contributed by atoms with Gasteiger partial charge in [-0.1, -0.05) is 0 Å². The Morgan fingerprint density at radius 1 is 1.29 bits per heavy atom. The van der Waals surface area contributed by atoms with Gasteiger partial charge in [-0.2, -0.15) is 10.2 Å². The summed E-state index contributed by atoms with van der Waals surface area (Å²) in [6.45, 7) is 1.62. The van der Waals surface area contributed by atoms with Crippen LogP contribution in [0, 0.1) is 11.6 Å². The molecule has 146 valence electrons. The zero-order chi connectivity index (χ0) is 20.1. The maximum absolute atomic E-state index is 13.4. The van der Waals surface area contributed by atoms with E-state index >= 15 is 0 Å². The first-order chi connectivity index (χ1) is 13.2. The molecular weight excluding hydrogens is 378 g/mol. The lowest BCUT2D eigenvalue weighted by Crippen LogP contribution is -2.18. The van der Waals surface area contributed by atoms with Crippen molar-refractivity contribution in [2.75, 3.05) is 5.32 Å². The van der Waals surface area contributed by atoms with Gasteiger partial charge in [0.15, 0.2) is 5.82 Å². The van der Waals surface area contributed by atoms with Crippen molar-refractivity contribution in [3.8, 4) is 5.69 Å². The molecule has 1 aromatic carbocycles. The highest BCUT2D eigenvalue weighted by Gasteiger charge is 2.58. The van der Waals surface area contributed by atoms with Gasteiger partial charge in [0.1, 0.15) is 11.6 Å². The zero-order valence-corrected chi connectivity index (χ0v) is 14.6. The molecule has 2 N–H and O–H groups in total. The number of nitrogens with zero attached hydrogens (tertiary/aromatic N) is 3. The Bertz CT molecular complexity index is 1020. The van der Waals surface area contributed by atoms with E-state index in [1.165, 1.54) is 23.1 Å². The van der Waals surface area contributed by atoms with Crippen molar-refractivity contribution in [3.05, 3.63) is 59.6 Å². The van der Waals surface area contributed by atoms with Gasteiger partial charge in [-0.05, 0) is 19.1 Å². The number of nitrogens with one attached hydrogen (secondary N) is 2. The van der Waals surface area contributed by atoms with E-state index in [-0.39, 0.29) is 23.6 Å². The molecule has 0 radical (unpaired) electrons. The molecule has 3 aromatic rings. The lowest BCUT2D eigenvalue weighted by molar-refractivity contribution is -0.117. The summed E-state index contributed by atoms with van der Waals surface area (Å²) in [6, 6.07) is 4.36. The Morgan fingerprint density at radius 3 is 2.61 bits per heavy atom. The standard InChI is InChI=1S/C18H15F4N5O/c1-9(10-7-23-27(8-10)13-3-11(19)2-12(20)4-13)17(28)24-16-5-15(25-26-16)14-6-18(14,21)22/h2-5,7-9,14H,6H2,1H3,(H2,24,25,26,28)/t9-,14?/m1/s1. The highest BCUT2D eigenvalue weighted by atomic mass is 19.3. The molecule has 2 heterocycles. The van der Waals surface area contributed by atoms with E-state index in [2.05, 4.69) is 20.6 Å². The molecule has 10 heteroatoms. The number of halogens is 4. The van der Waals surface area contributed by atoms with Gasteiger partial charge in [-0.15, -0.1) is 0 Å². The molecule has 0 spiro atoms. The first-order valence-corrected chi connectivity index (χ1v) is 8.48. The number of alkyl halides is 2. The van der Waals surface area contributed by atoms with Crippen LogP contribution in [0.3, 0.4) is 0 Å². The van der Waals surface area contributed by atoms with Crippen molar-refractivity contribution < 1.29 is 22.4 Å². The molecule has 1 unspecified atom stereocenters. The number of aromatic amines is 1. The minimum atomic E-state index is -2.73. The molecule has 0 saturated heterocycles. The smallest absolute Gasteiger partial charge is 0.257 e. The first kappa shape index (κ1) is 18.2. The van der Waals surface area contributed by atoms with Crippen molar-refractivity contribution >= 4 is 11.7 Å². The van der Waals surface area contributed by atoms with Crippen LogP contribution in [0.2, 0.25) is 0 Å². The minimum Gasteiger partial charge on any atom is -0.309 e. The molecule has 1 fully saturated rings. The van der Waals surface area contributed by atoms with Crippen LogP contribution in [0.25, 0.3) is 5.69 Å². The van der Waals surface area contributed by atoms with Gasteiger partial charge in [-0.3, -0.25) is 9.89 Å². The van der Waals surface area contributed by atoms with Crippen LogP contribution in [-0.4, -0.2) is 31.8 Å². The average molecular weight is 393 g/mol. The SMILES string of the molecule is C[C@@H](C(=O)Nc1cc(C2CC2(F)F)[nH]n1)c1cnn(-c2cc(F)cc(F)c2)c1. The molecule has 0 aliphatic heterocycles. The molecule has 6 nitrogen and oxygen atoms in total. The van der Waals surface area contributed by atoms with Crippen LogP contribution in [0.4, 0.5) is 23.4 Å². The Hall–Kier alpha value is -3.17. The fraction of sp³-hybridized carbons (Fsp3) is 0.278. The monoisotopic (exact) mass is 393 g/mol. The largest absolute Gasteiger partial charge is 0.309 e. The van der Waals surface area contributed by atoms with E-state index < -0.39 is 35.3 Å². The molecular formula is C18H15F4N5O. The number of hydrogen-bond donors (Lipinski definition) is 2. The van der Waals surface area contributed by atoms with Crippen molar-refractivity contribution in [3.63, 3.8) is 0 Å². The second kappa shape index (κ2) is 6.47. The van der Waals surface area contributed by atoms with E-state index in [0.29, 0.717) is 5.56 Å². The number of benzene rings is 1. The van der Waals surface area contributed by atoms with E-state index in [4.69, 9.17) is 0 Å². The molecule has 28 heavy (non-hydrogen) atoms. The lowest BCUT2D eigenvalue weighted by Gasteiger charge is -2.08. The summed E-state index contributed by atoms with van der Waals surface area (Å²) in [4.78, 5) is 12.4. The maximum atomic E-state index is 13.4. The zero-order valence-electron chi connectivity index (χ0n) is 14.6. The number of anilines is 1. The van der Waals surface area contributed by atoms with Gasteiger partial charge >= 0.3 is 0 Å². The summed E-state index contributed by atoms with van der Waals surface area (Å²) in [5.41, 5.74) is 0.958. The van der Waals surface area contributed by atoms with Crippen LogP contribution in [0.15, 0.2) is 36.7 Å². The Morgan fingerprint density at radius 2 is 1.96 bits per heavy atom. The predicted octanol–water partition coefficient (Wildman–Crippen LogP) is 3.74. The van der Waals surface area contributed by atoms with Gasteiger partial charge in [0.25, 0.3) is 5.92 Å². The third kappa shape index (κ3) is 3.49. The Balaban J connectivity index is 1.45. The topological polar surface area (TPSA) is 75.6 Å². The number of carbonyl (C=O) groups excluding carboxylic acids is 1. The molecule has 1 aliphatic carbocycles. The Kier molecular flexibility index (Phi) is 4.20. The number of amides is 1. The summed E-state index contributed by atoms with van der Waals surface area (Å²) in [6.07, 6.45) is 2.66. The van der Waals surface area contributed by atoms with Crippen LogP contribution < -0.4 is 5.32 Å². The third-order valence-corrected chi connectivity index (χ3v) is 4.66. The van der Waals surface area contributed by atoms with Gasteiger partial charge < -0.3 is 5.32 Å². The average Bonchev–Trinajstić information content (AvgIpc) is 3.01. The number of carbonyl (C=O) groups is 1. The quantitative estimate of drug-likeness (QED) is 0.649. The summed E-state index contributed by atoms with van der Waals surface area (Å²) in [5, 5.41) is 12.9. The third-order valence-electron chi connectivity index (χ3n) is 4.66. The predicted molar refractivity (Wildman–Crippen MR) is 91.4 cm³/mol. The molecule has 2 aromatic heterocycles. The highest BCUT2D eigenvalue weighted by molar-refractivity contribution is 5.94. The van der Waals surface area contributed by atoms with Crippen molar-refractivity contribution in [1.82, 2.24) is 20.0 Å². The Labute approximate surface area is 156 Å². The summed E-state index contributed by atoms with van der Waals surface area (Å²) in [7, 11) is 0. The molecule has 1 saturated carbocycles. The lowest BCUT2D eigenvalue weighted by atomic mass is 10.0. The van der Waals surface area contributed by atoms with Crippen LogP contribution in [0.1, 0.15) is 36.4 Å². The second-order valence-electron chi connectivity index (χ2n) is 6.78. The van der Waals surface area contributed by atoms with Gasteiger partial charge in [0.2, 0.25) is 5.91 Å². The minimum absolute atomic E-state index is 0.147. The van der Waals surface area contributed by atoms with E-state index in [1.807, 2.05) is 0 Å². The molecule has 1 aliphatic rings.